The summed E-state index contributed by atoms with van der Waals surface area (Å²) < 4.78 is 15.1. The summed E-state index contributed by atoms with van der Waals surface area (Å²) in [5.41, 5.74) is -0.660. The predicted octanol–water partition coefficient (Wildman–Crippen LogP) is 3.26. The molecule has 0 radical (unpaired) electrons. The number of hydrogen-bond acceptors (Lipinski definition) is 6. The number of nitro groups is 1. The van der Waals surface area contributed by atoms with E-state index in [1.165, 1.54) is 24.3 Å². The van der Waals surface area contributed by atoms with Crippen LogP contribution in [0.5, 0.6) is 5.75 Å². The lowest BCUT2D eigenvalue weighted by Crippen LogP contribution is -2.03. The smallest absolute Gasteiger partial charge is 0.263 e. The van der Waals surface area contributed by atoms with Crippen LogP contribution in [0.25, 0.3) is 11.4 Å². The molecule has 0 amide bonds. The highest BCUT2D eigenvalue weighted by Gasteiger charge is 2.14. The van der Waals surface area contributed by atoms with E-state index in [1.54, 1.807) is 6.07 Å². The SMILES string of the molecule is O=[N+]([O-])c1cc(Cl)cc(/C=N\n2c(-c3ccccc3F)n[nH]c2=S)c1[O-]. The van der Waals surface area contributed by atoms with Gasteiger partial charge in [-0.2, -0.15) is 14.9 Å². The standard InChI is InChI=1S/C15H9ClFN5O3S/c16-9-5-8(13(23)12(6-9)22(24)25)7-18-21-14(19-20-15(21)26)10-3-1-2-4-11(10)17/h1-7,23H,(H,20,26)/p-1/b18-7-. The van der Waals surface area contributed by atoms with Gasteiger partial charge in [0.05, 0.1) is 16.7 Å². The monoisotopic (exact) mass is 392 g/mol. The minimum Gasteiger partial charge on any atom is -0.867 e. The van der Waals surface area contributed by atoms with Crippen molar-refractivity contribution in [1.82, 2.24) is 14.9 Å². The number of hydrogen-bond donors (Lipinski definition) is 1. The Bertz CT molecular complexity index is 1100. The van der Waals surface area contributed by atoms with Gasteiger partial charge < -0.3 is 5.11 Å². The summed E-state index contributed by atoms with van der Waals surface area (Å²) in [5, 5.41) is 33.4. The van der Waals surface area contributed by atoms with E-state index in [1.807, 2.05) is 0 Å². The number of aromatic nitrogens is 3. The van der Waals surface area contributed by atoms with Crippen LogP contribution in [0, 0.1) is 20.7 Å². The first kappa shape index (κ1) is 17.7. The Kier molecular flexibility index (Phi) is 4.78. The van der Waals surface area contributed by atoms with Crippen LogP contribution in [0.3, 0.4) is 0 Å². The molecule has 0 aliphatic carbocycles. The molecule has 0 saturated carbocycles. The minimum absolute atomic E-state index is 0.00266. The molecule has 0 aliphatic heterocycles. The maximum absolute atomic E-state index is 14.0. The lowest BCUT2D eigenvalue weighted by atomic mass is 10.2. The molecule has 0 spiro atoms. The highest BCUT2D eigenvalue weighted by atomic mass is 35.5. The van der Waals surface area contributed by atoms with E-state index >= 15 is 0 Å². The Hall–Kier alpha value is -3.11. The molecule has 1 aromatic heterocycles. The molecular weight excluding hydrogens is 385 g/mol. The van der Waals surface area contributed by atoms with Gasteiger partial charge in [0.15, 0.2) is 5.82 Å². The summed E-state index contributed by atoms with van der Waals surface area (Å²) >= 11 is 10.9. The molecular formula is C15H8ClFN5O3S-. The van der Waals surface area contributed by atoms with Crippen molar-refractivity contribution in [1.29, 1.82) is 0 Å². The van der Waals surface area contributed by atoms with Gasteiger partial charge in [0, 0.05) is 11.1 Å². The van der Waals surface area contributed by atoms with Crippen molar-refractivity contribution >= 4 is 35.7 Å². The van der Waals surface area contributed by atoms with E-state index in [2.05, 4.69) is 15.3 Å². The molecule has 0 aliphatic rings. The highest BCUT2D eigenvalue weighted by molar-refractivity contribution is 7.71. The fraction of sp³-hybridized carbons (Fsp3) is 0. The van der Waals surface area contributed by atoms with Crippen LogP contribution in [0.15, 0.2) is 41.5 Å². The maximum atomic E-state index is 14.0. The molecule has 0 bridgehead atoms. The van der Waals surface area contributed by atoms with E-state index < -0.39 is 22.2 Å². The van der Waals surface area contributed by atoms with Crippen molar-refractivity contribution < 1.29 is 14.4 Å². The van der Waals surface area contributed by atoms with Crippen LogP contribution in [-0.2, 0) is 0 Å². The van der Waals surface area contributed by atoms with Crippen molar-refractivity contribution in [2.75, 3.05) is 0 Å². The molecule has 2 aromatic carbocycles. The largest absolute Gasteiger partial charge is 0.867 e. The van der Waals surface area contributed by atoms with E-state index in [-0.39, 0.29) is 26.7 Å². The van der Waals surface area contributed by atoms with Gasteiger partial charge in [-0.3, -0.25) is 10.1 Å². The quantitative estimate of drug-likeness (QED) is 0.317. The van der Waals surface area contributed by atoms with Crippen molar-refractivity contribution in [2.24, 2.45) is 5.10 Å². The fourth-order valence-electron chi connectivity index (χ4n) is 2.17. The topological polar surface area (TPSA) is 112 Å². The highest BCUT2D eigenvalue weighted by Crippen LogP contribution is 2.30. The first-order valence-corrected chi connectivity index (χ1v) is 7.78. The van der Waals surface area contributed by atoms with E-state index in [0.29, 0.717) is 0 Å². The van der Waals surface area contributed by atoms with Crippen LogP contribution in [0.4, 0.5) is 10.1 Å². The zero-order chi connectivity index (χ0) is 18.8. The molecule has 132 valence electrons. The molecule has 26 heavy (non-hydrogen) atoms. The number of halogens is 2. The second-order valence-corrected chi connectivity index (χ2v) is 5.81. The Morgan fingerprint density at radius 2 is 2.12 bits per heavy atom. The first-order valence-electron chi connectivity index (χ1n) is 7.00. The van der Waals surface area contributed by atoms with Crippen molar-refractivity contribution in [3.63, 3.8) is 0 Å². The Morgan fingerprint density at radius 1 is 1.38 bits per heavy atom. The lowest BCUT2D eigenvalue weighted by molar-refractivity contribution is -0.398. The van der Waals surface area contributed by atoms with Gasteiger partial charge >= 0.3 is 0 Å². The number of nitrogens with one attached hydrogen (secondary N) is 1. The number of aromatic amines is 1. The Morgan fingerprint density at radius 3 is 2.81 bits per heavy atom. The number of H-pyrrole nitrogens is 1. The van der Waals surface area contributed by atoms with Crippen molar-refractivity contribution in [3.8, 4) is 17.1 Å². The zero-order valence-electron chi connectivity index (χ0n) is 12.7. The molecule has 0 saturated heterocycles. The summed E-state index contributed by atoms with van der Waals surface area (Å²) in [6.07, 6.45) is 1.05. The van der Waals surface area contributed by atoms with Gasteiger partial charge in [-0.25, -0.2) is 9.49 Å². The summed E-state index contributed by atoms with van der Waals surface area (Å²) in [6.45, 7) is 0. The van der Waals surface area contributed by atoms with Crippen LogP contribution < -0.4 is 5.11 Å². The van der Waals surface area contributed by atoms with Crippen LogP contribution in [0.1, 0.15) is 5.56 Å². The number of nitrogens with zero attached hydrogens (tertiary/aromatic N) is 4. The van der Waals surface area contributed by atoms with E-state index in [4.69, 9.17) is 23.8 Å². The molecule has 11 heteroatoms. The second kappa shape index (κ2) is 7.02. The molecule has 0 atom stereocenters. The van der Waals surface area contributed by atoms with Gasteiger partial charge in [-0.05, 0) is 41.7 Å². The molecule has 8 nitrogen and oxygen atoms in total. The second-order valence-electron chi connectivity index (χ2n) is 4.99. The van der Waals surface area contributed by atoms with Gasteiger partial charge in [0.1, 0.15) is 5.82 Å². The van der Waals surface area contributed by atoms with Gasteiger partial charge in [0.25, 0.3) is 5.69 Å². The van der Waals surface area contributed by atoms with Crippen LogP contribution >= 0.6 is 23.8 Å². The third-order valence-electron chi connectivity index (χ3n) is 3.34. The van der Waals surface area contributed by atoms with Gasteiger partial charge in [-0.1, -0.05) is 23.7 Å². The lowest BCUT2D eigenvalue weighted by Gasteiger charge is -2.10. The van der Waals surface area contributed by atoms with Crippen LogP contribution in [0.2, 0.25) is 5.02 Å². The summed E-state index contributed by atoms with van der Waals surface area (Å²) in [6, 6.07) is 8.04. The molecule has 3 aromatic rings. The van der Waals surface area contributed by atoms with Gasteiger partial charge in [0.2, 0.25) is 4.77 Å². The summed E-state index contributed by atoms with van der Waals surface area (Å²) in [7, 11) is 0. The fourth-order valence-corrected chi connectivity index (χ4v) is 2.57. The third-order valence-corrected chi connectivity index (χ3v) is 3.82. The molecule has 0 unspecified atom stereocenters. The third kappa shape index (κ3) is 3.32. The summed E-state index contributed by atoms with van der Waals surface area (Å²) in [4.78, 5) is 10.1. The number of benzene rings is 2. The first-order chi connectivity index (χ1) is 12.4. The normalized spacial score (nSPS) is 11.2. The Balaban J connectivity index is 2.09. The Labute approximate surface area is 155 Å². The number of nitro benzene ring substituents is 1. The predicted molar refractivity (Wildman–Crippen MR) is 93.4 cm³/mol. The van der Waals surface area contributed by atoms with Crippen molar-refractivity contribution in [3.05, 3.63) is 67.7 Å². The average Bonchev–Trinajstić information content (AvgIpc) is 2.96. The van der Waals surface area contributed by atoms with E-state index in [0.717, 1.165) is 17.0 Å². The van der Waals surface area contributed by atoms with Crippen LogP contribution in [-0.4, -0.2) is 26.0 Å². The van der Waals surface area contributed by atoms with Gasteiger partial charge in [-0.15, -0.1) is 0 Å². The maximum Gasteiger partial charge on any atom is 0.263 e. The molecule has 1 N–H and O–H groups in total. The van der Waals surface area contributed by atoms with Crippen molar-refractivity contribution in [2.45, 2.75) is 0 Å². The summed E-state index contributed by atoms with van der Waals surface area (Å²) in [5.74, 6) is -1.32. The average molecular weight is 393 g/mol. The zero-order valence-corrected chi connectivity index (χ0v) is 14.3. The molecule has 1 heterocycles. The molecule has 0 fully saturated rings. The number of rotatable bonds is 4. The minimum atomic E-state index is -0.856. The van der Waals surface area contributed by atoms with E-state index in [9.17, 15) is 19.6 Å². The molecule has 3 rings (SSSR count).